The van der Waals surface area contributed by atoms with Crippen LogP contribution in [0.4, 0.5) is 0 Å². The number of hydrogen-bond donors (Lipinski definition) is 0. The van der Waals surface area contributed by atoms with Crippen LogP contribution >= 0.6 is 24.2 Å². The summed E-state index contributed by atoms with van der Waals surface area (Å²) < 4.78 is 2.09. The average molecular weight is 353 g/mol. The van der Waals surface area contributed by atoms with Gasteiger partial charge >= 0.3 is 0 Å². The summed E-state index contributed by atoms with van der Waals surface area (Å²) in [6.45, 7) is 2.69. The third-order valence-corrected chi connectivity index (χ3v) is 7.22. The molecule has 0 amide bonds. The standard InChI is InChI=1S/C18H24N2OS.ClH/c1-12-19-8-9-20(12)10-14-11-22-16-7-6-13-4-2-3-5-15(13)17(16)18(14)21;/h8-9,11,13,15-17H,2-7,10H2,1H3;1H. The van der Waals surface area contributed by atoms with Gasteiger partial charge in [0.05, 0.1) is 6.54 Å². The van der Waals surface area contributed by atoms with Crippen molar-refractivity contribution in [2.75, 3.05) is 0 Å². The molecule has 4 rings (SSSR count). The summed E-state index contributed by atoms with van der Waals surface area (Å²) in [5.41, 5.74) is 0.999. The minimum Gasteiger partial charge on any atom is -0.331 e. The highest BCUT2D eigenvalue weighted by Gasteiger charge is 2.46. The molecule has 2 saturated carbocycles. The molecule has 1 aromatic rings. The summed E-state index contributed by atoms with van der Waals surface area (Å²) in [6.07, 6.45) is 11.7. The molecule has 0 spiro atoms. The molecule has 1 aromatic heterocycles. The Kier molecular flexibility index (Phi) is 5.22. The van der Waals surface area contributed by atoms with Crippen molar-refractivity contribution in [3.05, 3.63) is 29.2 Å². The van der Waals surface area contributed by atoms with Gasteiger partial charge in [-0.3, -0.25) is 4.79 Å². The number of fused-ring (bicyclic) bond motifs is 3. The summed E-state index contributed by atoms with van der Waals surface area (Å²) in [7, 11) is 0. The van der Waals surface area contributed by atoms with Crippen LogP contribution in [-0.4, -0.2) is 20.6 Å². The molecule has 23 heavy (non-hydrogen) atoms. The number of rotatable bonds is 2. The third kappa shape index (κ3) is 3.12. The van der Waals surface area contributed by atoms with Gasteiger partial charge in [-0.25, -0.2) is 4.98 Å². The average Bonchev–Trinajstić information content (AvgIpc) is 2.94. The van der Waals surface area contributed by atoms with Crippen LogP contribution in [0.5, 0.6) is 0 Å². The van der Waals surface area contributed by atoms with Crippen LogP contribution in [0.3, 0.4) is 0 Å². The maximum absolute atomic E-state index is 13.1. The van der Waals surface area contributed by atoms with Crippen LogP contribution in [0.2, 0.25) is 0 Å². The number of nitrogens with zero attached hydrogens (tertiary/aromatic N) is 2. The van der Waals surface area contributed by atoms with Crippen LogP contribution in [0.25, 0.3) is 0 Å². The predicted molar refractivity (Wildman–Crippen MR) is 96.9 cm³/mol. The molecule has 2 heterocycles. The van der Waals surface area contributed by atoms with Gasteiger partial charge in [-0.1, -0.05) is 19.3 Å². The Morgan fingerprint density at radius 2 is 2.09 bits per heavy atom. The molecule has 4 unspecified atom stereocenters. The van der Waals surface area contributed by atoms with Gasteiger partial charge in [-0.2, -0.15) is 0 Å². The molecule has 1 aliphatic heterocycles. The lowest BCUT2D eigenvalue weighted by Crippen LogP contribution is -2.44. The molecule has 0 bridgehead atoms. The van der Waals surface area contributed by atoms with E-state index in [4.69, 9.17) is 0 Å². The maximum atomic E-state index is 13.1. The number of allylic oxidation sites excluding steroid dienone is 1. The van der Waals surface area contributed by atoms with E-state index in [1.165, 1.54) is 38.5 Å². The molecule has 0 aromatic carbocycles. The molecular weight excluding hydrogens is 328 g/mol. The number of thioether (sulfide) groups is 1. The van der Waals surface area contributed by atoms with Gasteiger partial charge in [0.25, 0.3) is 0 Å². The monoisotopic (exact) mass is 352 g/mol. The van der Waals surface area contributed by atoms with E-state index in [0.29, 0.717) is 23.5 Å². The van der Waals surface area contributed by atoms with Crippen LogP contribution < -0.4 is 0 Å². The van der Waals surface area contributed by atoms with Crippen LogP contribution in [0.1, 0.15) is 44.3 Å². The second kappa shape index (κ2) is 7.02. The van der Waals surface area contributed by atoms with E-state index >= 15 is 0 Å². The molecule has 4 atom stereocenters. The van der Waals surface area contributed by atoms with Crippen molar-refractivity contribution in [2.45, 2.75) is 57.2 Å². The van der Waals surface area contributed by atoms with Crippen LogP contribution in [-0.2, 0) is 11.3 Å². The first kappa shape index (κ1) is 17.1. The highest BCUT2D eigenvalue weighted by molar-refractivity contribution is 8.02. The number of hydrogen-bond acceptors (Lipinski definition) is 3. The maximum Gasteiger partial charge on any atom is 0.165 e. The van der Waals surface area contributed by atoms with E-state index in [1.54, 1.807) is 0 Å². The first-order valence-corrected chi connectivity index (χ1v) is 9.55. The lowest BCUT2D eigenvalue weighted by molar-refractivity contribution is -0.123. The highest BCUT2D eigenvalue weighted by Crippen LogP contribution is 2.50. The minimum atomic E-state index is 0. The summed E-state index contributed by atoms with van der Waals surface area (Å²) in [5.74, 6) is 3.18. The fourth-order valence-electron chi connectivity index (χ4n) is 4.73. The Hall–Kier alpha value is -0.740. The first-order valence-electron chi connectivity index (χ1n) is 8.60. The quantitative estimate of drug-likeness (QED) is 0.791. The second-order valence-electron chi connectivity index (χ2n) is 7.10. The van der Waals surface area contributed by atoms with Crippen LogP contribution in [0, 0.1) is 24.7 Å². The molecule has 2 fully saturated rings. The van der Waals surface area contributed by atoms with Crippen molar-refractivity contribution in [1.29, 1.82) is 0 Å². The lowest BCUT2D eigenvalue weighted by Gasteiger charge is -2.46. The Morgan fingerprint density at radius 1 is 1.26 bits per heavy atom. The summed E-state index contributed by atoms with van der Waals surface area (Å²) in [4.78, 5) is 17.4. The zero-order valence-electron chi connectivity index (χ0n) is 13.6. The van der Waals surface area contributed by atoms with Crippen molar-refractivity contribution in [2.24, 2.45) is 17.8 Å². The molecule has 126 valence electrons. The fourth-order valence-corrected chi connectivity index (χ4v) is 6.02. The van der Waals surface area contributed by atoms with Crippen molar-refractivity contribution < 1.29 is 4.79 Å². The topological polar surface area (TPSA) is 34.9 Å². The van der Waals surface area contributed by atoms with Crippen LogP contribution in [0.15, 0.2) is 23.4 Å². The molecule has 0 saturated heterocycles. The smallest absolute Gasteiger partial charge is 0.165 e. The Morgan fingerprint density at radius 3 is 2.87 bits per heavy atom. The van der Waals surface area contributed by atoms with Gasteiger partial charge in [0.1, 0.15) is 5.82 Å². The number of carbonyl (C=O) groups is 1. The van der Waals surface area contributed by atoms with Gasteiger partial charge in [0.15, 0.2) is 5.78 Å². The van der Waals surface area contributed by atoms with Gasteiger partial charge in [0, 0.05) is 29.1 Å². The number of carbonyl (C=O) groups excluding carboxylic acids is 1. The Balaban J connectivity index is 0.00000156. The van der Waals surface area contributed by atoms with Gasteiger partial charge < -0.3 is 4.57 Å². The molecular formula is C18H25ClN2OS. The highest BCUT2D eigenvalue weighted by atomic mass is 35.5. The second-order valence-corrected chi connectivity index (χ2v) is 8.21. The fraction of sp³-hybridized carbons (Fsp3) is 0.667. The van der Waals surface area contributed by atoms with E-state index in [2.05, 4.69) is 15.0 Å². The van der Waals surface area contributed by atoms with Crippen molar-refractivity contribution in [3.63, 3.8) is 0 Å². The van der Waals surface area contributed by atoms with E-state index in [0.717, 1.165) is 17.3 Å². The number of aromatic nitrogens is 2. The van der Waals surface area contributed by atoms with E-state index in [1.807, 2.05) is 31.1 Å². The third-order valence-electron chi connectivity index (χ3n) is 5.92. The molecule has 5 heteroatoms. The predicted octanol–water partition coefficient (Wildman–Crippen LogP) is 4.40. The zero-order valence-corrected chi connectivity index (χ0v) is 15.2. The number of Topliss-reactive ketones (excluding diaryl/α,β-unsaturated/α-hetero) is 1. The molecule has 0 N–H and O–H groups in total. The summed E-state index contributed by atoms with van der Waals surface area (Å²) in [6, 6.07) is 0. The van der Waals surface area contributed by atoms with Crippen molar-refractivity contribution in [1.82, 2.24) is 9.55 Å². The van der Waals surface area contributed by atoms with E-state index < -0.39 is 0 Å². The van der Waals surface area contributed by atoms with E-state index in [9.17, 15) is 4.79 Å². The number of aryl methyl sites for hydroxylation is 1. The SMILES string of the molecule is Cc1nccn1CC1=CSC2CCC3CCCCC3C2C1=O.Cl. The van der Waals surface area contributed by atoms with Crippen molar-refractivity contribution in [3.8, 4) is 0 Å². The van der Waals surface area contributed by atoms with E-state index in [-0.39, 0.29) is 18.3 Å². The number of halogens is 1. The largest absolute Gasteiger partial charge is 0.331 e. The Bertz CT molecular complexity index is 612. The zero-order chi connectivity index (χ0) is 15.1. The van der Waals surface area contributed by atoms with Crippen molar-refractivity contribution >= 4 is 30.0 Å². The van der Waals surface area contributed by atoms with Gasteiger partial charge in [-0.05, 0) is 43.4 Å². The van der Waals surface area contributed by atoms with Gasteiger partial charge in [-0.15, -0.1) is 24.2 Å². The summed E-state index contributed by atoms with van der Waals surface area (Å²) >= 11 is 1.93. The molecule has 3 aliphatic rings. The normalized spacial score (nSPS) is 33.3. The summed E-state index contributed by atoms with van der Waals surface area (Å²) in [5, 5.41) is 2.69. The molecule has 0 radical (unpaired) electrons. The molecule has 3 nitrogen and oxygen atoms in total. The molecule has 2 aliphatic carbocycles. The number of ketones is 1. The van der Waals surface area contributed by atoms with Gasteiger partial charge in [0.2, 0.25) is 0 Å². The Labute approximate surface area is 148 Å². The lowest BCUT2D eigenvalue weighted by atomic mass is 9.63. The first-order chi connectivity index (χ1) is 10.7. The minimum absolute atomic E-state index is 0. The number of imidazole rings is 1.